The maximum atomic E-state index is 9.07. The van der Waals surface area contributed by atoms with Crippen molar-refractivity contribution >= 4 is 11.6 Å². The first-order valence-electron chi connectivity index (χ1n) is 7.33. The van der Waals surface area contributed by atoms with Crippen molar-refractivity contribution in [1.82, 2.24) is 4.90 Å². The second-order valence-electron chi connectivity index (χ2n) is 5.65. The van der Waals surface area contributed by atoms with Gasteiger partial charge < -0.3 is 4.74 Å². The molecule has 0 bridgehead atoms. The molecule has 4 heteroatoms. The molecule has 0 spiro atoms. The highest BCUT2D eigenvalue weighted by atomic mass is 35.5. The molecule has 0 radical (unpaired) electrons. The van der Waals surface area contributed by atoms with Crippen LogP contribution in [0.2, 0.25) is 5.02 Å². The van der Waals surface area contributed by atoms with Crippen LogP contribution in [0.5, 0.6) is 5.75 Å². The predicted molar refractivity (Wildman–Crippen MR) is 78.9 cm³/mol. The van der Waals surface area contributed by atoms with Gasteiger partial charge in [-0.2, -0.15) is 5.26 Å². The summed E-state index contributed by atoms with van der Waals surface area (Å²) in [5.74, 6) is 0.996. The fraction of sp³-hybridized carbons (Fsp3) is 0.562. The highest BCUT2D eigenvalue weighted by Gasteiger charge is 2.25. The van der Waals surface area contributed by atoms with Crippen molar-refractivity contribution < 1.29 is 4.74 Å². The van der Waals surface area contributed by atoms with Gasteiger partial charge in [-0.15, -0.1) is 0 Å². The Labute approximate surface area is 125 Å². The first-order valence-corrected chi connectivity index (χ1v) is 7.71. The van der Waals surface area contributed by atoms with Crippen LogP contribution in [0.1, 0.15) is 36.8 Å². The van der Waals surface area contributed by atoms with Gasteiger partial charge >= 0.3 is 0 Å². The predicted octanol–water partition coefficient (Wildman–Crippen LogP) is 3.54. The van der Waals surface area contributed by atoms with Gasteiger partial charge in [-0.25, -0.2) is 0 Å². The monoisotopic (exact) mass is 290 g/mol. The number of rotatable bonds is 4. The minimum absolute atomic E-state index is 0.478. The van der Waals surface area contributed by atoms with Crippen molar-refractivity contribution in [2.75, 3.05) is 13.2 Å². The lowest BCUT2D eigenvalue weighted by Crippen LogP contribution is -2.33. The molecular weight excluding hydrogens is 272 g/mol. The molecule has 0 unspecified atom stereocenters. The Balaban J connectivity index is 1.83. The second kappa shape index (κ2) is 6.03. The van der Waals surface area contributed by atoms with Crippen molar-refractivity contribution in [3.63, 3.8) is 0 Å². The quantitative estimate of drug-likeness (QED) is 0.796. The summed E-state index contributed by atoms with van der Waals surface area (Å²) in [7, 11) is 0. The molecule has 1 aliphatic carbocycles. The Morgan fingerprint density at radius 3 is 2.90 bits per heavy atom. The van der Waals surface area contributed by atoms with E-state index < -0.39 is 0 Å². The third-order valence-electron chi connectivity index (χ3n) is 4.31. The van der Waals surface area contributed by atoms with Gasteiger partial charge in [0.15, 0.2) is 0 Å². The van der Waals surface area contributed by atoms with E-state index >= 15 is 0 Å². The van der Waals surface area contributed by atoms with E-state index in [2.05, 4.69) is 11.0 Å². The summed E-state index contributed by atoms with van der Waals surface area (Å²) < 4.78 is 5.76. The van der Waals surface area contributed by atoms with E-state index in [-0.39, 0.29) is 0 Å². The molecule has 0 N–H and O–H groups in total. The van der Waals surface area contributed by atoms with E-state index in [9.17, 15) is 0 Å². The van der Waals surface area contributed by atoms with Crippen LogP contribution in [0.25, 0.3) is 0 Å². The van der Waals surface area contributed by atoms with E-state index in [1.54, 1.807) is 0 Å². The molecule has 1 aromatic rings. The number of halogens is 1. The van der Waals surface area contributed by atoms with Crippen LogP contribution in [-0.4, -0.2) is 24.1 Å². The van der Waals surface area contributed by atoms with E-state index in [0.29, 0.717) is 12.6 Å². The van der Waals surface area contributed by atoms with Crippen LogP contribution in [0.3, 0.4) is 0 Å². The summed E-state index contributed by atoms with van der Waals surface area (Å²) >= 11 is 6.21. The summed E-state index contributed by atoms with van der Waals surface area (Å²) in [5.41, 5.74) is 2.34. The summed E-state index contributed by atoms with van der Waals surface area (Å²) in [5, 5.41) is 9.84. The van der Waals surface area contributed by atoms with Crippen LogP contribution in [0, 0.1) is 11.3 Å². The summed E-state index contributed by atoms with van der Waals surface area (Å²) in [4.78, 5) is 2.28. The Morgan fingerprint density at radius 2 is 2.15 bits per heavy atom. The first kappa shape index (κ1) is 13.7. The molecule has 1 aromatic carbocycles. The Hall–Kier alpha value is -1.24. The number of nitrogens with zero attached hydrogens (tertiary/aromatic N) is 2. The molecule has 0 atom stereocenters. The number of hydrogen-bond donors (Lipinski definition) is 0. The fourth-order valence-electron chi connectivity index (χ4n) is 3.36. The van der Waals surface area contributed by atoms with Crippen molar-refractivity contribution in [1.29, 1.82) is 5.26 Å². The average Bonchev–Trinajstić information content (AvgIpc) is 3.08. The molecule has 0 amide bonds. The largest absolute Gasteiger partial charge is 0.493 e. The van der Waals surface area contributed by atoms with E-state index in [1.165, 1.54) is 31.2 Å². The Kier molecular flexibility index (Phi) is 4.14. The Bertz CT molecular complexity index is 532. The summed E-state index contributed by atoms with van der Waals surface area (Å²) in [6, 6.07) is 6.82. The van der Waals surface area contributed by atoms with Gasteiger partial charge in [0, 0.05) is 29.6 Å². The maximum Gasteiger partial charge on any atom is 0.127 e. The number of ether oxygens (including phenoxy) is 1. The number of hydrogen-bond acceptors (Lipinski definition) is 3. The fourth-order valence-corrected chi connectivity index (χ4v) is 3.62. The normalized spacial score (nSPS) is 18.1. The summed E-state index contributed by atoms with van der Waals surface area (Å²) in [6.45, 7) is 1.98. The van der Waals surface area contributed by atoms with Crippen LogP contribution in [0.4, 0.5) is 0 Å². The molecule has 3 rings (SSSR count). The lowest BCUT2D eigenvalue weighted by molar-refractivity contribution is 0.211. The molecule has 106 valence electrons. The molecular formula is C16H19ClN2O. The lowest BCUT2D eigenvalue weighted by Gasteiger charge is -2.27. The van der Waals surface area contributed by atoms with Gasteiger partial charge in [0.25, 0.3) is 0 Å². The minimum atomic E-state index is 0.478. The molecule has 0 saturated heterocycles. The second-order valence-corrected chi connectivity index (χ2v) is 6.09. The van der Waals surface area contributed by atoms with E-state index in [0.717, 1.165) is 35.9 Å². The maximum absolute atomic E-state index is 9.07. The van der Waals surface area contributed by atoms with Gasteiger partial charge in [-0.3, -0.25) is 4.90 Å². The van der Waals surface area contributed by atoms with E-state index in [4.69, 9.17) is 21.6 Å². The van der Waals surface area contributed by atoms with Crippen LogP contribution >= 0.6 is 11.6 Å². The van der Waals surface area contributed by atoms with Crippen LogP contribution in [-0.2, 0) is 13.0 Å². The zero-order valence-electron chi connectivity index (χ0n) is 11.6. The SMILES string of the molecule is N#CCN(Cc1cc(Cl)cc2c1OCC2)C1CCCC1. The van der Waals surface area contributed by atoms with Crippen molar-refractivity contribution in [3.05, 3.63) is 28.3 Å². The lowest BCUT2D eigenvalue weighted by atomic mass is 10.1. The van der Waals surface area contributed by atoms with Crippen LogP contribution < -0.4 is 4.74 Å². The van der Waals surface area contributed by atoms with Crippen LogP contribution in [0.15, 0.2) is 12.1 Å². The molecule has 1 saturated carbocycles. The number of nitriles is 1. The highest BCUT2D eigenvalue weighted by molar-refractivity contribution is 6.30. The average molecular weight is 291 g/mol. The molecule has 1 fully saturated rings. The minimum Gasteiger partial charge on any atom is -0.493 e. The van der Waals surface area contributed by atoms with Gasteiger partial charge in [-0.1, -0.05) is 24.4 Å². The first-order chi connectivity index (χ1) is 9.78. The van der Waals surface area contributed by atoms with Gasteiger partial charge in [0.2, 0.25) is 0 Å². The number of fused-ring (bicyclic) bond motifs is 1. The van der Waals surface area contributed by atoms with Gasteiger partial charge in [-0.05, 0) is 30.5 Å². The smallest absolute Gasteiger partial charge is 0.127 e. The van der Waals surface area contributed by atoms with Crippen molar-refractivity contribution in [2.24, 2.45) is 0 Å². The topological polar surface area (TPSA) is 36.3 Å². The third-order valence-corrected chi connectivity index (χ3v) is 4.53. The van der Waals surface area contributed by atoms with Crippen molar-refractivity contribution in [3.8, 4) is 11.8 Å². The van der Waals surface area contributed by atoms with Gasteiger partial charge in [0.05, 0.1) is 19.2 Å². The zero-order chi connectivity index (χ0) is 13.9. The third kappa shape index (κ3) is 2.77. The molecule has 3 nitrogen and oxygen atoms in total. The van der Waals surface area contributed by atoms with E-state index in [1.807, 2.05) is 12.1 Å². The van der Waals surface area contributed by atoms with Crippen molar-refractivity contribution in [2.45, 2.75) is 44.7 Å². The highest BCUT2D eigenvalue weighted by Crippen LogP contribution is 2.35. The summed E-state index contributed by atoms with van der Waals surface area (Å²) in [6.07, 6.45) is 5.88. The zero-order valence-corrected chi connectivity index (χ0v) is 12.3. The Morgan fingerprint density at radius 1 is 1.35 bits per heavy atom. The standard InChI is InChI=1S/C16H19ClN2O/c17-14-9-12-5-8-20-16(12)13(10-14)11-19(7-6-18)15-3-1-2-4-15/h9-10,15H,1-5,7-8,11H2. The van der Waals surface area contributed by atoms with Gasteiger partial charge in [0.1, 0.15) is 5.75 Å². The molecule has 20 heavy (non-hydrogen) atoms. The number of benzene rings is 1. The molecule has 2 aliphatic rings. The molecule has 1 heterocycles. The molecule has 0 aromatic heterocycles. The molecule has 1 aliphatic heterocycles.